The van der Waals surface area contributed by atoms with Crippen LogP contribution in [0, 0.1) is 5.82 Å². The highest BCUT2D eigenvalue weighted by Gasteiger charge is 2.17. The van der Waals surface area contributed by atoms with Crippen LogP contribution in [0.3, 0.4) is 0 Å². The highest BCUT2D eigenvalue weighted by atomic mass is 32.1. The van der Waals surface area contributed by atoms with Gasteiger partial charge in [0.1, 0.15) is 59.9 Å². The van der Waals surface area contributed by atoms with Gasteiger partial charge in [0.25, 0.3) is 5.19 Å². The van der Waals surface area contributed by atoms with Crippen molar-refractivity contribution in [3.8, 4) is 39.6 Å². The van der Waals surface area contributed by atoms with Gasteiger partial charge in [0, 0.05) is 18.2 Å². The molecule has 0 radical (unpaired) electrons. The Hall–Kier alpha value is -5.55. The summed E-state index contributed by atoms with van der Waals surface area (Å²) in [5, 5.41) is 5.64. The highest BCUT2D eigenvalue weighted by Crippen LogP contribution is 2.37. The molecule has 3 aromatic heterocycles. The molecule has 11 heteroatoms. The normalized spacial score (nSPS) is 11.2. The van der Waals surface area contributed by atoms with Crippen molar-refractivity contribution in [2.24, 2.45) is 0 Å². The molecule has 0 bridgehead atoms. The molecule has 0 aliphatic heterocycles. The van der Waals surface area contributed by atoms with Crippen molar-refractivity contribution in [2.45, 2.75) is 19.8 Å². The van der Waals surface area contributed by atoms with E-state index in [4.69, 9.17) is 28.1 Å². The zero-order valence-corrected chi connectivity index (χ0v) is 25.8. The molecule has 0 aliphatic carbocycles. The number of ether oxygens (including phenoxy) is 5. The lowest BCUT2D eigenvalue weighted by Gasteiger charge is -2.12. The molecule has 46 heavy (non-hydrogen) atoms. The molecule has 0 spiro atoms. The van der Waals surface area contributed by atoms with Crippen LogP contribution in [0.5, 0.6) is 28.2 Å². The zero-order chi connectivity index (χ0) is 31.5. The Labute approximate surface area is 267 Å². The van der Waals surface area contributed by atoms with E-state index < -0.39 is 0 Å². The van der Waals surface area contributed by atoms with E-state index in [1.54, 1.807) is 31.0 Å². The van der Waals surface area contributed by atoms with E-state index in [0.29, 0.717) is 62.4 Å². The lowest BCUT2D eigenvalue weighted by atomic mass is 10.2. The van der Waals surface area contributed by atoms with E-state index in [0.717, 1.165) is 16.5 Å². The molecule has 7 rings (SSSR count). The molecule has 0 atom stereocenters. The number of imidazole rings is 1. The Balaban J connectivity index is 1.03. The van der Waals surface area contributed by atoms with Crippen LogP contribution in [0.4, 0.5) is 4.39 Å². The fourth-order valence-corrected chi connectivity index (χ4v) is 5.61. The van der Waals surface area contributed by atoms with Crippen molar-refractivity contribution in [1.29, 1.82) is 0 Å². The van der Waals surface area contributed by atoms with Gasteiger partial charge in [-0.1, -0.05) is 42.5 Å². The second kappa shape index (κ2) is 12.8. The fraction of sp³-hybridized carbons (Fsp3) is 0.143. The van der Waals surface area contributed by atoms with Crippen molar-refractivity contribution in [3.05, 3.63) is 120 Å². The first-order valence-electron chi connectivity index (χ1n) is 14.4. The topological polar surface area (TPSA) is 89.5 Å². The van der Waals surface area contributed by atoms with Crippen LogP contribution in [-0.4, -0.2) is 28.8 Å². The summed E-state index contributed by atoms with van der Waals surface area (Å²) >= 11 is 1.34. The standard InChI is InChI=1S/C35H28FN3O6S/c1-40-27-15-31(29-17-33(45-32(29)16-27)30-18-39-34(37-30)46-35(38-39)41-2)44-20-23-9-6-10-26(12-23)42-21-24-11-25(36)14-28(13-24)43-19-22-7-4-3-5-8-22/h3-18H,19-21H2,1-2H3. The quantitative estimate of drug-likeness (QED) is 0.133. The van der Waals surface area contributed by atoms with Crippen molar-refractivity contribution >= 4 is 27.3 Å². The molecule has 0 saturated carbocycles. The molecular weight excluding hydrogens is 609 g/mol. The predicted molar refractivity (Wildman–Crippen MR) is 171 cm³/mol. The van der Waals surface area contributed by atoms with Crippen LogP contribution in [0.2, 0.25) is 0 Å². The van der Waals surface area contributed by atoms with Crippen molar-refractivity contribution in [2.75, 3.05) is 14.2 Å². The maximum Gasteiger partial charge on any atom is 0.294 e. The molecule has 9 nitrogen and oxygen atoms in total. The van der Waals surface area contributed by atoms with Crippen LogP contribution in [-0.2, 0) is 19.8 Å². The smallest absolute Gasteiger partial charge is 0.294 e. The van der Waals surface area contributed by atoms with Gasteiger partial charge in [-0.3, -0.25) is 0 Å². The van der Waals surface area contributed by atoms with Gasteiger partial charge in [0.05, 0.1) is 25.8 Å². The number of aromatic nitrogens is 3. The van der Waals surface area contributed by atoms with Crippen molar-refractivity contribution < 1.29 is 32.5 Å². The number of methoxy groups -OCH3 is 2. The number of hydrogen-bond donors (Lipinski definition) is 0. The van der Waals surface area contributed by atoms with Gasteiger partial charge in [0.2, 0.25) is 4.96 Å². The summed E-state index contributed by atoms with van der Waals surface area (Å²) in [6.45, 7) is 0.787. The minimum absolute atomic E-state index is 0.173. The van der Waals surface area contributed by atoms with Gasteiger partial charge >= 0.3 is 0 Å². The van der Waals surface area contributed by atoms with Crippen LogP contribution in [0.15, 0.2) is 102 Å². The third kappa shape index (κ3) is 6.45. The summed E-state index contributed by atoms with van der Waals surface area (Å²) < 4.78 is 50.9. The molecule has 0 fully saturated rings. The van der Waals surface area contributed by atoms with Gasteiger partial charge in [-0.15, -0.1) is 5.10 Å². The van der Waals surface area contributed by atoms with Crippen LogP contribution in [0.25, 0.3) is 27.4 Å². The minimum atomic E-state index is -0.386. The van der Waals surface area contributed by atoms with Crippen molar-refractivity contribution in [3.63, 3.8) is 0 Å². The number of nitrogens with zero attached hydrogens (tertiary/aromatic N) is 3. The molecule has 0 amide bonds. The largest absolute Gasteiger partial charge is 0.496 e. The maximum atomic E-state index is 14.4. The molecule has 3 heterocycles. The second-order valence-electron chi connectivity index (χ2n) is 10.4. The molecular formula is C35H28FN3O6S. The van der Waals surface area contributed by atoms with Gasteiger partial charge in [0.15, 0.2) is 5.76 Å². The summed E-state index contributed by atoms with van der Waals surface area (Å²) in [4.78, 5) is 5.32. The number of furan rings is 1. The van der Waals surface area contributed by atoms with E-state index in [9.17, 15) is 4.39 Å². The Bertz CT molecular complexity index is 2090. The molecule has 0 unspecified atom stereocenters. The minimum Gasteiger partial charge on any atom is -0.496 e. The molecule has 7 aromatic rings. The summed E-state index contributed by atoms with van der Waals surface area (Å²) in [5.74, 6) is 2.46. The SMILES string of the molecule is COc1cc(OCc2cccc(OCc3cc(F)cc(OCc4ccccc4)c3)c2)c2cc(-c3cn4nc(OC)sc4n3)oc2c1. The fourth-order valence-electron chi connectivity index (χ4n) is 4.91. The Morgan fingerprint density at radius 2 is 1.52 bits per heavy atom. The molecule has 232 valence electrons. The summed E-state index contributed by atoms with van der Waals surface area (Å²) in [5.41, 5.74) is 3.79. The lowest BCUT2D eigenvalue weighted by molar-refractivity contribution is 0.290. The summed E-state index contributed by atoms with van der Waals surface area (Å²) in [6.07, 6.45) is 1.79. The van der Waals surface area contributed by atoms with Crippen molar-refractivity contribution in [1.82, 2.24) is 14.6 Å². The van der Waals surface area contributed by atoms with Crippen LogP contribution < -0.4 is 23.7 Å². The number of fused-ring (bicyclic) bond motifs is 2. The highest BCUT2D eigenvalue weighted by molar-refractivity contribution is 7.18. The summed E-state index contributed by atoms with van der Waals surface area (Å²) in [7, 11) is 3.16. The van der Waals surface area contributed by atoms with Gasteiger partial charge in [-0.25, -0.2) is 13.9 Å². The maximum absolute atomic E-state index is 14.4. The van der Waals surface area contributed by atoms with Crippen LogP contribution in [0.1, 0.15) is 16.7 Å². The van der Waals surface area contributed by atoms with Crippen LogP contribution >= 0.6 is 11.3 Å². The first-order valence-corrected chi connectivity index (χ1v) is 15.2. The van der Waals surface area contributed by atoms with E-state index in [2.05, 4.69) is 10.1 Å². The average Bonchev–Trinajstić information content (AvgIpc) is 3.79. The molecule has 4 aromatic carbocycles. The first-order chi connectivity index (χ1) is 22.5. The van der Waals surface area contributed by atoms with E-state index in [1.807, 2.05) is 72.8 Å². The molecule has 0 N–H and O–H groups in total. The Morgan fingerprint density at radius 1 is 0.739 bits per heavy atom. The lowest BCUT2D eigenvalue weighted by Crippen LogP contribution is -2.01. The molecule has 0 aliphatic rings. The monoisotopic (exact) mass is 637 g/mol. The number of halogens is 1. The van der Waals surface area contributed by atoms with E-state index >= 15 is 0 Å². The second-order valence-corrected chi connectivity index (χ2v) is 11.3. The first kappa shape index (κ1) is 29.2. The van der Waals surface area contributed by atoms with E-state index in [1.165, 1.54) is 23.5 Å². The summed E-state index contributed by atoms with van der Waals surface area (Å²) in [6, 6.07) is 27.4. The van der Waals surface area contributed by atoms with Gasteiger partial charge in [-0.05, 0) is 58.4 Å². The Kier molecular flexibility index (Phi) is 8.13. The Morgan fingerprint density at radius 3 is 2.35 bits per heavy atom. The van der Waals surface area contributed by atoms with E-state index in [-0.39, 0.29) is 19.0 Å². The zero-order valence-electron chi connectivity index (χ0n) is 24.9. The third-order valence-corrected chi connectivity index (χ3v) is 8.02. The number of benzene rings is 4. The third-order valence-electron chi connectivity index (χ3n) is 7.14. The molecule has 0 saturated heterocycles. The van der Waals surface area contributed by atoms with Gasteiger partial charge < -0.3 is 28.1 Å². The predicted octanol–water partition coefficient (Wildman–Crippen LogP) is 8.10. The number of rotatable bonds is 12. The average molecular weight is 638 g/mol. The number of hydrogen-bond acceptors (Lipinski definition) is 9. The van der Waals surface area contributed by atoms with Gasteiger partial charge in [-0.2, -0.15) is 0 Å².